The molecule has 1 aliphatic heterocycles. The zero-order valence-corrected chi connectivity index (χ0v) is 16.5. The first kappa shape index (κ1) is 18.1. The number of thiazole rings is 1. The number of fused-ring (bicyclic) bond motifs is 2. The Morgan fingerprint density at radius 1 is 1.33 bits per heavy atom. The van der Waals surface area contributed by atoms with Crippen molar-refractivity contribution in [1.29, 1.82) is 0 Å². The quantitative estimate of drug-likeness (QED) is 0.658. The average Bonchev–Trinajstić information content (AvgIpc) is 3.16. The SMILES string of the molecule is COc1ccc2c(c1)CN(C(=O)CSCc1cc(=O)n3ccsc3n1)CC2. The number of hydrogen-bond donors (Lipinski definition) is 0. The maximum Gasteiger partial charge on any atom is 0.258 e. The molecule has 0 radical (unpaired) electrons. The van der Waals surface area contributed by atoms with Crippen molar-refractivity contribution in [3.63, 3.8) is 0 Å². The second kappa shape index (κ2) is 7.74. The van der Waals surface area contributed by atoms with E-state index in [0.29, 0.717) is 28.7 Å². The molecule has 0 saturated heterocycles. The monoisotopic (exact) mass is 401 g/mol. The van der Waals surface area contributed by atoms with E-state index in [1.165, 1.54) is 33.1 Å². The summed E-state index contributed by atoms with van der Waals surface area (Å²) >= 11 is 2.93. The van der Waals surface area contributed by atoms with E-state index < -0.39 is 0 Å². The van der Waals surface area contributed by atoms with Gasteiger partial charge in [0.05, 0.1) is 18.6 Å². The van der Waals surface area contributed by atoms with Crippen molar-refractivity contribution in [2.24, 2.45) is 0 Å². The van der Waals surface area contributed by atoms with E-state index in [4.69, 9.17) is 4.74 Å². The molecule has 27 heavy (non-hydrogen) atoms. The molecule has 1 aromatic carbocycles. The van der Waals surface area contributed by atoms with Gasteiger partial charge in [0, 0.05) is 36.5 Å². The summed E-state index contributed by atoms with van der Waals surface area (Å²) in [7, 11) is 1.65. The van der Waals surface area contributed by atoms with Gasteiger partial charge in [-0.3, -0.25) is 14.0 Å². The number of ether oxygens (including phenoxy) is 1. The second-order valence-electron chi connectivity index (χ2n) is 6.33. The lowest BCUT2D eigenvalue weighted by molar-refractivity contribution is -0.129. The molecule has 140 valence electrons. The Hall–Kier alpha value is -2.32. The molecule has 4 rings (SSSR count). The van der Waals surface area contributed by atoms with Crippen LogP contribution in [0.3, 0.4) is 0 Å². The van der Waals surface area contributed by atoms with Crippen molar-refractivity contribution in [3.8, 4) is 5.75 Å². The summed E-state index contributed by atoms with van der Waals surface area (Å²) in [6.45, 7) is 1.35. The normalized spacial score (nSPS) is 13.6. The van der Waals surface area contributed by atoms with Crippen LogP contribution in [-0.4, -0.2) is 39.6 Å². The number of carbonyl (C=O) groups excluding carboxylic acids is 1. The van der Waals surface area contributed by atoms with Gasteiger partial charge in [-0.1, -0.05) is 6.07 Å². The molecule has 0 N–H and O–H groups in total. The van der Waals surface area contributed by atoms with Gasteiger partial charge in [-0.2, -0.15) is 0 Å². The summed E-state index contributed by atoms with van der Waals surface area (Å²) in [5.74, 6) is 1.86. The summed E-state index contributed by atoms with van der Waals surface area (Å²) < 4.78 is 6.81. The molecular weight excluding hydrogens is 382 g/mol. The molecule has 1 amide bonds. The standard InChI is InChI=1S/C19H19N3O3S2/c1-25-16-3-2-13-4-5-21(10-14(13)8-16)18(24)12-26-11-15-9-17(23)22-6-7-27-19(22)20-15/h2-3,6-9H,4-5,10-12H2,1H3. The van der Waals surface area contributed by atoms with Gasteiger partial charge in [0.2, 0.25) is 5.91 Å². The minimum Gasteiger partial charge on any atom is -0.497 e. The highest BCUT2D eigenvalue weighted by molar-refractivity contribution is 7.99. The third-order valence-electron chi connectivity index (χ3n) is 4.61. The number of methoxy groups -OCH3 is 1. The molecule has 3 aromatic rings. The zero-order valence-electron chi connectivity index (χ0n) is 14.9. The Kier molecular flexibility index (Phi) is 5.18. The topological polar surface area (TPSA) is 63.9 Å². The minimum absolute atomic E-state index is 0.0789. The Morgan fingerprint density at radius 3 is 3.07 bits per heavy atom. The average molecular weight is 402 g/mol. The Balaban J connectivity index is 1.36. The maximum absolute atomic E-state index is 12.6. The zero-order chi connectivity index (χ0) is 18.8. The number of benzene rings is 1. The summed E-state index contributed by atoms with van der Waals surface area (Å²) in [4.78, 5) is 31.6. The summed E-state index contributed by atoms with van der Waals surface area (Å²) in [6, 6.07) is 7.60. The molecule has 1 aliphatic rings. The van der Waals surface area contributed by atoms with Crippen LogP contribution in [0.2, 0.25) is 0 Å². The molecule has 8 heteroatoms. The van der Waals surface area contributed by atoms with Crippen LogP contribution in [0.1, 0.15) is 16.8 Å². The molecule has 2 aromatic heterocycles. The first-order valence-corrected chi connectivity index (χ1v) is 10.6. The smallest absolute Gasteiger partial charge is 0.258 e. The van der Waals surface area contributed by atoms with E-state index in [2.05, 4.69) is 11.1 Å². The third-order valence-corrected chi connectivity index (χ3v) is 6.32. The number of nitrogens with zero attached hydrogens (tertiary/aromatic N) is 3. The van der Waals surface area contributed by atoms with Gasteiger partial charge in [-0.15, -0.1) is 23.1 Å². The summed E-state index contributed by atoms with van der Waals surface area (Å²) in [6.07, 6.45) is 2.59. The van der Waals surface area contributed by atoms with Crippen LogP contribution >= 0.6 is 23.1 Å². The highest BCUT2D eigenvalue weighted by atomic mass is 32.2. The van der Waals surface area contributed by atoms with Crippen LogP contribution in [0.25, 0.3) is 4.96 Å². The third kappa shape index (κ3) is 3.86. The van der Waals surface area contributed by atoms with Crippen molar-refractivity contribution in [2.75, 3.05) is 19.4 Å². The predicted molar refractivity (Wildman–Crippen MR) is 108 cm³/mol. The van der Waals surface area contributed by atoms with E-state index in [0.717, 1.165) is 24.3 Å². The lowest BCUT2D eigenvalue weighted by Gasteiger charge is -2.29. The Labute approximate surface area is 164 Å². The Bertz CT molecular complexity index is 1040. The van der Waals surface area contributed by atoms with Crippen LogP contribution in [-0.2, 0) is 23.5 Å². The molecule has 0 unspecified atom stereocenters. The van der Waals surface area contributed by atoms with E-state index in [9.17, 15) is 9.59 Å². The molecule has 0 spiro atoms. The molecule has 3 heterocycles. The largest absolute Gasteiger partial charge is 0.497 e. The molecule has 0 aliphatic carbocycles. The fourth-order valence-corrected chi connectivity index (χ4v) is 4.72. The van der Waals surface area contributed by atoms with Gasteiger partial charge in [-0.25, -0.2) is 4.98 Å². The van der Waals surface area contributed by atoms with Crippen LogP contribution in [0.5, 0.6) is 5.75 Å². The number of amides is 1. The van der Waals surface area contributed by atoms with Crippen molar-refractivity contribution in [3.05, 3.63) is 63.0 Å². The van der Waals surface area contributed by atoms with Gasteiger partial charge < -0.3 is 9.64 Å². The van der Waals surface area contributed by atoms with Crippen LogP contribution < -0.4 is 10.3 Å². The summed E-state index contributed by atoms with van der Waals surface area (Å²) in [5.41, 5.74) is 3.07. The summed E-state index contributed by atoms with van der Waals surface area (Å²) in [5, 5.41) is 1.84. The fraction of sp³-hybridized carbons (Fsp3) is 0.316. The van der Waals surface area contributed by atoms with E-state index >= 15 is 0 Å². The lowest BCUT2D eigenvalue weighted by Crippen LogP contribution is -2.37. The minimum atomic E-state index is -0.0789. The Morgan fingerprint density at radius 2 is 2.22 bits per heavy atom. The first-order valence-electron chi connectivity index (χ1n) is 8.61. The van der Waals surface area contributed by atoms with E-state index in [1.807, 2.05) is 22.4 Å². The molecule has 0 saturated carbocycles. The molecular formula is C19H19N3O3S2. The molecule has 6 nitrogen and oxygen atoms in total. The van der Waals surface area contributed by atoms with Crippen molar-refractivity contribution in [1.82, 2.24) is 14.3 Å². The number of thioether (sulfide) groups is 1. The maximum atomic E-state index is 12.6. The van der Waals surface area contributed by atoms with Gasteiger partial charge >= 0.3 is 0 Å². The second-order valence-corrected chi connectivity index (χ2v) is 8.19. The van der Waals surface area contributed by atoms with Crippen LogP contribution in [0, 0.1) is 0 Å². The number of hydrogen-bond acceptors (Lipinski definition) is 6. The van der Waals surface area contributed by atoms with Crippen molar-refractivity contribution in [2.45, 2.75) is 18.7 Å². The van der Waals surface area contributed by atoms with Crippen molar-refractivity contribution >= 4 is 34.0 Å². The van der Waals surface area contributed by atoms with E-state index in [1.54, 1.807) is 19.4 Å². The van der Waals surface area contributed by atoms with Gasteiger partial charge in [-0.05, 0) is 29.7 Å². The van der Waals surface area contributed by atoms with Gasteiger partial charge in [0.25, 0.3) is 5.56 Å². The highest BCUT2D eigenvalue weighted by Gasteiger charge is 2.21. The number of carbonyl (C=O) groups is 1. The van der Waals surface area contributed by atoms with Gasteiger partial charge in [0.15, 0.2) is 4.96 Å². The molecule has 0 fully saturated rings. The van der Waals surface area contributed by atoms with Crippen LogP contribution in [0.15, 0.2) is 40.6 Å². The van der Waals surface area contributed by atoms with Crippen LogP contribution in [0.4, 0.5) is 0 Å². The highest BCUT2D eigenvalue weighted by Crippen LogP contribution is 2.24. The number of aromatic nitrogens is 2. The van der Waals surface area contributed by atoms with Gasteiger partial charge in [0.1, 0.15) is 5.75 Å². The van der Waals surface area contributed by atoms with E-state index in [-0.39, 0.29) is 11.5 Å². The first-order chi connectivity index (χ1) is 13.1. The van der Waals surface area contributed by atoms with Crippen molar-refractivity contribution < 1.29 is 9.53 Å². The fourth-order valence-electron chi connectivity index (χ4n) is 3.17. The molecule has 0 atom stereocenters. The predicted octanol–water partition coefficient (Wildman–Crippen LogP) is 2.58. The number of rotatable bonds is 5. The lowest BCUT2D eigenvalue weighted by atomic mass is 9.99. The molecule has 0 bridgehead atoms.